The number of rotatable bonds is 4. The molecule has 2 amide bonds. The maximum Gasteiger partial charge on any atom is 0.274 e. The molecule has 1 aromatic rings. The lowest BCUT2D eigenvalue weighted by Crippen LogP contribution is -2.46. The highest BCUT2D eigenvalue weighted by Gasteiger charge is 2.20. The van der Waals surface area contributed by atoms with E-state index in [1.54, 1.807) is 13.8 Å². The van der Waals surface area contributed by atoms with Crippen molar-refractivity contribution in [3.8, 4) is 0 Å². The van der Waals surface area contributed by atoms with Gasteiger partial charge >= 0.3 is 0 Å². The number of nitrogens with one attached hydrogen (secondary N) is 3. The summed E-state index contributed by atoms with van der Waals surface area (Å²) in [7, 11) is 0. The SMILES string of the molecule is Cc1[nH]nc(C(=O)NC(C)C(=O)NC(C)C)c1N. The fraction of sp³-hybridized carbons (Fsp3) is 0.545. The summed E-state index contributed by atoms with van der Waals surface area (Å²) in [5, 5.41) is 11.7. The second-order valence-corrected chi connectivity index (χ2v) is 4.47. The molecule has 0 aliphatic rings. The van der Waals surface area contributed by atoms with E-state index in [0.717, 1.165) is 0 Å². The van der Waals surface area contributed by atoms with Crippen LogP contribution < -0.4 is 16.4 Å². The summed E-state index contributed by atoms with van der Waals surface area (Å²) >= 11 is 0. The van der Waals surface area contributed by atoms with E-state index in [4.69, 9.17) is 5.73 Å². The highest BCUT2D eigenvalue weighted by Crippen LogP contribution is 2.12. The van der Waals surface area contributed by atoms with E-state index in [1.165, 1.54) is 0 Å². The Morgan fingerprint density at radius 2 is 1.89 bits per heavy atom. The number of H-pyrrole nitrogens is 1. The fourth-order valence-corrected chi connectivity index (χ4v) is 1.35. The molecule has 0 aliphatic heterocycles. The average Bonchev–Trinajstić information content (AvgIpc) is 2.58. The number of aromatic amines is 1. The second-order valence-electron chi connectivity index (χ2n) is 4.47. The molecule has 1 heterocycles. The quantitative estimate of drug-likeness (QED) is 0.602. The molecule has 5 N–H and O–H groups in total. The van der Waals surface area contributed by atoms with Crippen LogP contribution >= 0.6 is 0 Å². The van der Waals surface area contributed by atoms with Crippen molar-refractivity contribution in [1.82, 2.24) is 20.8 Å². The number of carbonyl (C=O) groups excluding carboxylic acids is 2. The van der Waals surface area contributed by atoms with Crippen LogP contribution in [0.2, 0.25) is 0 Å². The number of carbonyl (C=O) groups is 2. The molecular formula is C11H19N5O2. The Morgan fingerprint density at radius 1 is 1.28 bits per heavy atom. The van der Waals surface area contributed by atoms with Gasteiger partial charge in [-0.05, 0) is 27.7 Å². The van der Waals surface area contributed by atoms with Gasteiger partial charge in [0.2, 0.25) is 5.91 Å². The first-order valence-electron chi connectivity index (χ1n) is 5.74. The normalized spacial score (nSPS) is 12.3. The van der Waals surface area contributed by atoms with E-state index in [-0.39, 0.29) is 17.6 Å². The van der Waals surface area contributed by atoms with Crippen LogP contribution in [0, 0.1) is 6.92 Å². The van der Waals surface area contributed by atoms with Crippen LogP contribution in [0.25, 0.3) is 0 Å². The highest BCUT2D eigenvalue weighted by molar-refractivity contribution is 6.00. The monoisotopic (exact) mass is 253 g/mol. The largest absolute Gasteiger partial charge is 0.395 e. The molecule has 7 heteroatoms. The fourth-order valence-electron chi connectivity index (χ4n) is 1.35. The number of nitrogens with two attached hydrogens (primary N) is 1. The Hall–Kier alpha value is -2.05. The number of anilines is 1. The summed E-state index contributed by atoms with van der Waals surface area (Å²) in [6, 6.07) is -0.620. The zero-order valence-electron chi connectivity index (χ0n) is 11.0. The first-order valence-corrected chi connectivity index (χ1v) is 5.74. The summed E-state index contributed by atoms with van der Waals surface area (Å²) in [5.74, 6) is -0.715. The number of aryl methyl sites for hydroxylation is 1. The van der Waals surface area contributed by atoms with Crippen LogP contribution in [0.1, 0.15) is 37.0 Å². The van der Waals surface area contributed by atoms with Gasteiger partial charge in [-0.1, -0.05) is 0 Å². The van der Waals surface area contributed by atoms with Gasteiger partial charge in [-0.15, -0.1) is 0 Å². The molecule has 1 aromatic heterocycles. The van der Waals surface area contributed by atoms with Crippen LogP contribution in [0.15, 0.2) is 0 Å². The Bertz CT molecular complexity index is 452. The summed E-state index contributed by atoms with van der Waals surface area (Å²) < 4.78 is 0. The molecule has 0 bridgehead atoms. The molecule has 0 aliphatic carbocycles. The van der Waals surface area contributed by atoms with Gasteiger partial charge in [-0.25, -0.2) is 0 Å². The van der Waals surface area contributed by atoms with Crippen LogP contribution in [-0.2, 0) is 4.79 Å². The summed E-state index contributed by atoms with van der Waals surface area (Å²) in [4.78, 5) is 23.5. The topological polar surface area (TPSA) is 113 Å². The lowest BCUT2D eigenvalue weighted by Gasteiger charge is -2.15. The Kier molecular flexibility index (Phi) is 4.30. The van der Waals surface area contributed by atoms with E-state index in [2.05, 4.69) is 20.8 Å². The number of hydrogen-bond donors (Lipinski definition) is 4. The van der Waals surface area contributed by atoms with E-state index in [0.29, 0.717) is 11.4 Å². The number of hydrogen-bond acceptors (Lipinski definition) is 4. The van der Waals surface area contributed by atoms with Crippen molar-refractivity contribution < 1.29 is 9.59 Å². The lowest BCUT2D eigenvalue weighted by molar-refractivity contribution is -0.123. The summed E-state index contributed by atoms with van der Waals surface area (Å²) in [6.45, 7) is 7.02. The van der Waals surface area contributed by atoms with E-state index in [1.807, 2.05) is 13.8 Å². The molecule has 0 aromatic carbocycles. The standard InChI is InChI=1S/C11H19N5O2/c1-5(2)13-10(17)7(4)14-11(18)9-8(12)6(3)15-16-9/h5,7H,12H2,1-4H3,(H,13,17)(H,14,18)(H,15,16). The Balaban J connectivity index is 2.65. The molecule has 7 nitrogen and oxygen atoms in total. The smallest absolute Gasteiger partial charge is 0.274 e. The third-order valence-electron chi connectivity index (χ3n) is 2.38. The predicted octanol–water partition coefficient (Wildman–Crippen LogP) is -0.0568. The lowest BCUT2D eigenvalue weighted by atomic mass is 10.2. The summed E-state index contributed by atoms with van der Waals surface area (Å²) in [5.41, 5.74) is 6.71. The second kappa shape index (κ2) is 5.52. The molecule has 0 radical (unpaired) electrons. The average molecular weight is 253 g/mol. The maximum atomic E-state index is 11.8. The summed E-state index contributed by atoms with van der Waals surface area (Å²) in [6.07, 6.45) is 0. The molecule has 100 valence electrons. The third-order valence-corrected chi connectivity index (χ3v) is 2.38. The van der Waals surface area contributed by atoms with Crippen molar-refractivity contribution >= 4 is 17.5 Å². The molecule has 1 rings (SSSR count). The highest BCUT2D eigenvalue weighted by atomic mass is 16.2. The van der Waals surface area contributed by atoms with Gasteiger partial charge in [0.1, 0.15) is 6.04 Å². The van der Waals surface area contributed by atoms with Crippen LogP contribution in [0.4, 0.5) is 5.69 Å². The maximum absolute atomic E-state index is 11.8. The van der Waals surface area contributed by atoms with Crippen molar-refractivity contribution in [2.45, 2.75) is 39.8 Å². The number of amides is 2. The van der Waals surface area contributed by atoms with E-state index < -0.39 is 11.9 Å². The van der Waals surface area contributed by atoms with E-state index in [9.17, 15) is 9.59 Å². The number of nitrogen functional groups attached to an aromatic ring is 1. The van der Waals surface area contributed by atoms with Gasteiger partial charge in [0.25, 0.3) is 5.91 Å². The van der Waals surface area contributed by atoms with Gasteiger partial charge in [0, 0.05) is 6.04 Å². The first kappa shape index (κ1) is 14.0. The van der Waals surface area contributed by atoms with Gasteiger partial charge < -0.3 is 16.4 Å². The van der Waals surface area contributed by atoms with Gasteiger partial charge in [0.15, 0.2) is 5.69 Å². The number of nitrogens with zero attached hydrogens (tertiary/aromatic N) is 1. The molecule has 0 fully saturated rings. The molecule has 0 spiro atoms. The molecular weight excluding hydrogens is 234 g/mol. The predicted molar refractivity (Wildman–Crippen MR) is 67.9 cm³/mol. The zero-order chi connectivity index (χ0) is 13.9. The van der Waals surface area contributed by atoms with Gasteiger partial charge in [-0.2, -0.15) is 5.10 Å². The Morgan fingerprint density at radius 3 is 2.33 bits per heavy atom. The molecule has 0 saturated heterocycles. The Labute approximate surface area is 106 Å². The van der Waals surface area contributed by atoms with Crippen molar-refractivity contribution in [1.29, 1.82) is 0 Å². The molecule has 1 atom stereocenters. The first-order chi connectivity index (χ1) is 8.32. The number of aromatic nitrogens is 2. The van der Waals surface area contributed by atoms with Crippen molar-refractivity contribution in [3.63, 3.8) is 0 Å². The minimum atomic E-state index is -0.642. The van der Waals surface area contributed by atoms with Crippen LogP contribution in [0.3, 0.4) is 0 Å². The molecule has 18 heavy (non-hydrogen) atoms. The minimum Gasteiger partial charge on any atom is -0.395 e. The minimum absolute atomic E-state index is 0.0227. The molecule has 0 saturated carbocycles. The van der Waals surface area contributed by atoms with Crippen molar-refractivity contribution in [3.05, 3.63) is 11.4 Å². The van der Waals surface area contributed by atoms with Crippen LogP contribution in [0.5, 0.6) is 0 Å². The zero-order valence-corrected chi connectivity index (χ0v) is 11.0. The van der Waals surface area contributed by atoms with Gasteiger partial charge in [-0.3, -0.25) is 14.7 Å². The van der Waals surface area contributed by atoms with E-state index >= 15 is 0 Å². The van der Waals surface area contributed by atoms with Crippen molar-refractivity contribution in [2.24, 2.45) is 0 Å². The van der Waals surface area contributed by atoms with Crippen LogP contribution in [-0.4, -0.2) is 34.1 Å². The third kappa shape index (κ3) is 3.22. The van der Waals surface area contributed by atoms with Gasteiger partial charge in [0.05, 0.1) is 11.4 Å². The van der Waals surface area contributed by atoms with Crippen molar-refractivity contribution in [2.75, 3.05) is 5.73 Å². The molecule has 1 unspecified atom stereocenters.